The number of aromatic nitrogens is 1. The summed E-state index contributed by atoms with van der Waals surface area (Å²) in [6.07, 6.45) is 1.49. The Bertz CT molecular complexity index is 506. The van der Waals surface area contributed by atoms with Gasteiger partial charge in [0.25, 0.3) is 5.91 Å². The van der Waals surface area contributed by atoms with Crippen LogP contribution >= 0.6 is 11.6 Å². The third-order valence-corrected chi connectivity index (χ3v) is 3.58. The summed E-state index contributed by atoms with van der Waals surface area (Å²) in [4.78, 5) is 29.5. The first-order chi connectivity index (χ1) is 9.02. The van der Waals surface area contributed by atoms with Gasteiger partial charge in [0.15, 0.2) is 0 Å². The molecule has 0 aliphatic carbocycles. The molecule has 5 nitrogen and oxygen atoms in total. The van der Waals surface area contributed by atoms with E-state index >= 15 is 0 Å². The largest absolute Gasteiger partial charge is 0.469 e. The maximum Gasteiger partial charge on any atom is 0.310 e. The Labute approximate surface area is 116 Å². The predicted molar refractivity (Wildman–Crippen MR) is 69.8 cm³/mol. The van der Waals surface area contributed by atoms with Crippen LogP contribution in [0.2, 0.25) is 5.02 Å². The number of amides is 1. The third kappa shape index (κ3) is 2.87. The van der Waals surface area contributed by atoms with Gasteiger partial charge in [0.2, 0.25) is 0 Å². The molecule has 0 saturated carbocycles. The van der Waals surface area contributed by atoms with E-state index in [1.807, 2.05) is 6.92 Å². The maximum absolute atomic E-state index is 12.3. The number of halogens is 1. The molecule has 1 aliphatic heterocycles. The topological polar surface area (TPSA) is 59.5 Å². The molecule has 0 spiro atoms. The van der Waals surface area contributed by atoms with Crippen LogP contribution in [0.5, 0.6) is 0 Å². The molecule has 1 saturated heterocycles. The highest BCUT2D eigenvalue weighted by molar-refractivity contribution is 6.30. The fourth-order valence-corrected chi connectivity index (χ4v) is 2.43. The number of likely N-dealkylation sites (tertiary alicyclic amines) is 1. The van der Waals surface area contributed by atoms with Crippen molar-refractivity contribution in [1.29, 1.82) is 0 Å². The fourth-order valence-electron chi connectivity index (χ4n) is 2.27. The summed E-state index contributed by atoms with van der Waals surface area (Å²) in [7, 11) is 1.36. The molecule has 2 heterocycles. The monoisotopic (exact) mass is 282 g/mol. The molecule has 6 heteroatoms. The van der Waals surface area contributed by atoms with E-state index in [0.717, 1.165) is 0 Å². The van der Waals surface area contributed by atoms with Crippen LogP contribution in [0, 0.1) is 11.8 Å². The average Bonchev–Trinajstić information content (AvgIpc) is 2.79. The number of pyridine rings is 1. The van der Waals surface area contributed by atoms with Crippen molar-refractivity contribution in [2.45, 2.75) is 6.92 Å². The number of rotatable bonds is 2. The van der Waals surface area contributed by atoms with Crippen LogP contribution < -0.4 is 0 Å². The Morgan fingerprint density at radius 1 is 1.47 bits per heavy atom. The Morgan fingerprint density at radius 2 is 2.21 bits per heavy atom. The molecule has 0 aromatic carbocycles. The summed E-state index contributed by atoms with van der Waals surface area (Å²) < 4.78 is 4.74. The Balaban J connectivity index is 2.12. The number of esters is 1. The third-order valence-electron chi connectivity index (χ3n) is 3.34. The molecule has 1 aromatic heterocycles. The molecule has 1 fully saturated rings. The van der Waals surface area contributed by atoms with Crippen LogP contribution in [0.1, 0.15) is 17.4 Å². The van der Waals surface area contributed by atoms with Gasteiger partial charge in [-0.15, -0.1) is 0 Å². The quantitative estimate of drug-likeness (QED) is 0.774. The number of hydrogen-bond acceptors (Lipinski definition) is 4. The lowest BCUT2D eigenvalue weighted by Gasteiger charge is -2.15. The van der Waals surface area contributed by atoms with E-state index in [9.17, 15) is 9.59 Å². The van der Waals surface area contributed by atoms with Crippen molar-refractivity contribution in [2.24, 2.45) is 11.8 Å². The minimum atomic E-state index is -0.276. The van der Waals surface area contributed by atoms with Gasteiger partial charge in [-0.05, 0) is 18.1 Å². The van der Waals surface area contributed by atoms with Gasteiger partial charge in [-0.3, -0.25) is 14.6 Å². The lowest BCUT2D eigenvalue weighted by atomic mass is 9.99. The van der Waals surface area contributed by atoms with Crippen molar-refractivity contribution >= 4 is 23.5 Å². The Morgan fingerprint density at radius 3 is 2.84 bits per heavy atom. The second-order valence-electron chi connectivity index (χ2n) is 4.68. The minimum Gasteiger partial charge on any atom is -0.469 e. The van der Waals surface area contributed by atoms with Crippen molar-refractivity contribution in [3.8, 4) is 0 Å². The molecule has 0 bridgehead atoms. The fraction of sp³-hybridized carbons (Fsp3) is 0.462. The molecule has 0 radical (unpaired) electrons. The van der Waals surface area contributed by atoms with Crippen molar-refractivity contribution in [2.75, 3.05) is 20.2 Å². The first-order valence-corrected chi connectivity index (χ1v) is 6.39. The highest BCUT2D eigenvalue weighted by atomic mass is 35.5. The Hall–Kier alpha value is -1.62. The standard InChI is InChI=1S/C13H15ClN2O3/c1-8-6-16(7-10(8)13(18)19-2)12(17)11-5-9(14)3-4-15-11/h3-5,8,10H,6-7H2,1-2H3. The SMILES string of the molecule is COC(=O)C1CN(C(=O)c2cc(Cl)ccn2)CC1C. The smallest absolute Gasteiger partial charge is 0.310 e. The zero-order chi connectivity index (χ0) is 14.0. The lowest BCUT2D eigenvalue weighted by molar-refractivity contribution is -0.146. The molecule has 19 heavy (non-hydrogen) atoms. The van der Waals surface area contributed by atoms with Gasteiger partial charge in [-0.1, -0.05) is 18.5 Å². The van der Waals surface area contributed by atoms with E-state index in [0.29, 0.717) is 23.8 Å². The number of methoxy groups -OCH3 is 1. The maximum atomic E-state index is 12.3. The lowest BCUT2D eigenvalue weighted by Crippen LogP contribution is -2.30. The van der Waals surface area contributed by atoms with Crippen LogP contribution in [0.15, 0.2) is 18.3 Å². The second kappa shape index (κ2) is 5.57. The molecule has 1 aromatic rings. The van der Waals surface area contributed by atoms with Gasteiger partial charge in [0.1, 0.15) is 5.69 Å². The van der Waals surface area contributed by atoms with Crippen molar-refractivity contribution < 1.29 is 14.3 Å². The van der Waals surface area contributed by atoms with E-state index in [4.69, 9.17) is 16.3 Å². The van der Waals surface area contributed by atoms with Crippen LogP contribution in [0.3, 0.4) is 0 Å². The molecule has 1 aliphatic rings. The van der Waals surface area contributed by atoms with Gasteiger partial charge in [0, 0.05) is 24.3 Å². The summed E-state index contributed by atoms with van der Waals surface area (Å²) >= 11 is 5.84. The van der Waals surface area contributed by atoms with E-state index < -0.39 is 0 Å². The summed E-state index contributed by atoms with van der Waals surface area (Å²) in [5.41, 5.74) is 0.296. The van der Waals surface area contributed by atoms with Crippen LogP contribution in [0.4, 0.5) is 0 Å². The number of hydrogen-bond donors (Lipinski definition) is 0. The van der Waals surface area contributed by atoms with Crippen LogP contribution in [0.25, 0.3) is 0 Å². The molecular formula is C13H15ClN2O3. The molecule has 2 rings (SSSR count). The first kappa shape index (κ1) is 13.8. The van der Waals surface area contributed by atoms with Gasteiger partial charge in [-0.25, -0.2) is 0 Å². The molecule has 102 valence electrons. The normalized spacial score (nSPS) is 22.4. The van der Waals surface area contributed by atoms with E-state index in [-0.39, 0.29) is 23.7 Å². The van der Waals surface area contributed by atoms with Gasteiger partial charge >= 0.3 is 5.97 Å². The zero-order valence-electron chi connectivity index (χ0n) is 10.8. The minimum absolute atomic E-state index is 0.0792. The van der Waals surface area contributed by atoms with Crippen LogP contribution in [-0.4, -0.2) is 42.0 Å². The number of ether oxygens (including phenoxy) is 1. The number of nitrogens with zero attached hydrogens (tertiary/aromatic N) is 2. The second-order valence-corrected chi connectivity index (χ2v) is 5.11. The highest BCUT2D eigenvalue weighted by Crippen LogP contribution is 2.25. The zero-order valence-corrected chi connectivity index (χ0v) is 11.6. The van der Waals surface area contributed by atoms with Crippen molar-refractivity contribution in [3.05, 3.63) is 29.0 Å². The van der Waals surface area contributed by atoms with Crippen molar-refractivity contribution in [3.63, 3.8) is 0 Å². The molecule has 2 atom stereocenters. The predicted octanol–water partition coefficient (Wildman–Crippen LogP) is 1.62. The number of carbonyl (C=O) groups excluding carboxylic acids is 2. The molecular weight excluding hydrogens is 268 g/mol. The van der Waals surface area contributed by atoms with E-state index in [1.54, 1.807) is 11.0 Å². The highest BCUT2D eigenvalue weighted by Gasteiger charge is 2.38. The first-order valence-electron chi connectivity index (χ1n) is 6.01. The van der Waals surface area contributed by atoms with E-state index in [1.165, 1.54) is 19.4 Å². The molecule has 1 amide bonds. The van der Waals surface area contributed by atoms with Crippen molar-refractivity contribution in [1.82, 2.24) is 9.88 Å². The summed E-state index contributed by atoms with van der Waals surface area (Å²) in [5.74, 6) is -0.675. The Kier molecular flexibility index (Phi) is 4.04. The van der Waals surface area contributed by atoms with Crippen LogP contribution in [-0.2, 0) is 9.53 Å². The summed E-state index contributed by atoms with van der Waals surface area (Å²) in [6.45, 7) is 2.81. The average molecular weight is 283 g/mol. The van der Waals surface area contributed by atoms with Gasteiger partial charge in [-0.2, -0.15) is 0 Å². The molecule has 0 N–H and O–H groups in total. The van der Waals surface area contributed by atoms with Gasteiger partial charge < -0.3 is 9.64 Å². The van der Waals surface area contributed by atoms with E-state index in [2.05, 4.69) is 4.98 Å². The summed E-state index contributed by atoms with van der Waals surface area (Å²) in [5, 5.41) is 0.468. The summed E-state index contributed by atoms with van der Waals surface area (Å²) in [6, 6.07) is 3.14. The van der Waals surface area contributed by atoms with Gasteiger partial charge in [0.05, 0.1) is 13.0 Å². The number of carbonyl (C=O) groups is 2. The molecule has 2 unspecified atom stereocenters.